The Bertz CT molecular complexity index is 1030. The number of rotatable bonds is 3. The number of aromatic nitrogens is 2. The number of anilines is 1. The first-order chi connectivity index (χ1) is 12.1. The van der Waals surface area contributed by atoms with Gasteiger partial charge in [-0.3, -0.25) is 4.40 Å². The van der Waals surface area contributed by atoms with Gasteiger partial charge in [-0.1, -0.05) is 18.2 Å². The second kappa shape index (κ2) is 5.98. The van der Waals surface area contributed by atoms with Gasteiger partial charge in [-0.05, 0) is 48.5 Å². The molecule has 0 saturated carbocycles. The molecule has 0 unspecified atom stereocenters. The standard InChI is InChI=1S/C21H19N3O/c1-23(2)16-12-10-15(11-13-16)21-22-20(17-7-3-4-9-19(17)25)18-8-5-6-14-24(18)21/h3-14,25H,1-2H3. The number of pyridine rings is 1. The Morgan fingerprint density at radius 3 is 2.32 bits per heavy atom. The molecular weight excluding hydrogens is 310 g/mol. The minimum Gasteiger partial charge on any atom is -0.507 e. The lowest BCUT2D eigenvalue weighted by molar-refractivity contribution is 0.477. The van der Waals surface area contributed by atoms with Crippen LogP contribution in [0.3, 0.4) is 0 Å². The highest BCUT2D eigenvalue weighted by Crippen LogP contribution is 2.34. The summed E-state index contributed by atoms with van der Waals surface area (Å²) in [5.74, 6) is 1.10. The molecule has 124 valence electrons. The number of benzene rings is 2. The number of para-hydroxylation sites is 1. The summed E-state index contributed by atoms with van der Waals surface area (Å²) in [5, 5.41) is 10.2. The molecule has 25 heavy (non-hydrogen) atoms. The second-order valence-electron chi connectivity index (χ2n) is 6.20. The van der Waals surface area contributed by atoms with Gasteiger partial charge in [0.2, 0.25) is 0 Å². The van der Waals surface area contributed by atoms with Gasteiger partial charge in [0.15, 0.2) is 0 Å². The van der Waals surface area contributed by atoms with Crippen molar-refractivity contribution in [1.82, 2.24) is 9.38 Å². The normalized spacial score (nSPS) is 11.0. The zero-order chi connectivity index (χ0) is 17.4. The van der Waals surface area contributed by atoms with Crippen LogP contribution >= 0.6 is 0 Å². The van der Waals surface area contributed by atoms with E-state index in [2.05, 4.69) is 33.6 Å². The van der Waals surface area contributed by atoms with E-state index in [0.717, 1.165) is 33.8 Å². The highest BCUT2D eigenvalue weighted by molar-refractivity contribution is 5.84. The highest BCUT2D eigenvalue weighted by Gasteiger charge is 2.16. The molecule has 1 N–H and O–H groups in total. The quantitative estimate of drug-likeness (QED) is 0.604. The topological polar surface area (TPSA) is 40.8 Å². The summed E-state index contributed by atoms with van der Waals surface area (Å²) in [7, 11) is 4.05. The van der Waals surface area contributed by atoms with Gasteiger partial charge in [0.1, 0.15) is 17.3 Å². The largest absolute Gasteiger partial charge is 0.507 e. The Balaban J connectivity index is 1.92. The number of fused-ring (bicyclic) bond motifs is 1. The van der Waals surface area contributed by atoms with E-state index in [0.29, 0.717) is 0 Å². The van der Waals surface area contributed by atoms with Crippen LogP contribution < -0.4 is 4.90 Å². The molecule has 0 atom stereocenters. The second-order valence-corrected chi connectivity index (χ2v) is 6.20. The maximum absolute atomic E-state index is 10.2. The summed E-state index contributed by atoms with van der Waals surface area (Å²) in [6.07, 6.45) is 2.00. The van der Waals surface area contributed by atoms with Gasteiger partial charge < -0.3 is 10.0 Å². The van der Waals surface area contributed by atoms with E-state index < -0.39 is 0 Å². The summed E-state index contributed by atoms with van der Waals surface area (Å²) in [5.41, 5.74) is 4.67. The smallest absolute Gasteiger partial charge is 0.145 e. The number of hydrogen-bond acceptors (Lipinski definition) is 3. The zero-order valence-corrected chi connectivity index (χ0v) is 14.2. The molecule has 0 bridgehead atoms. The molecule has 4 nitrogen and oxygen atoms in total. The van der Waals surface area contributed by atoms with Crippen LogP contribution in [0.2, 0.25) is 0 Å². The van der Waals surface area contributed by atoms with E-state index in [4.69, 9.17) is 4.98 Å². The van der Waals surface area contributed by atoms with Crippen LogP contribution in [0.25, 0.3) is 28.2 Å². The molecule has 0 amide bonds. The van der Waals surface area contributed by atoms with E-state index in [-0.39, 0.29) is 5.75 Å². The van der Waals surface area contributed by atoms with Crippen molar-refractivity contribution in [2.45, 2.75) is 0 Å². The van der Waals surface area contributed by atoms with Crippen LogP contribution in [0.1, 0.15) is 0 Å². The minimum absolute atomic E-state index is 0.237. The summed E-state index contributed by atoms with van der Waals surface area (Å²) in [6, 6.07) is 21.6. The van der Waals surface area contributed by atoms with Gasteiger partial charge >= 0.3 is 0 Å². The Labute approximate surface area is 146 Å². The molecule has 4 heteroatoms. The minimum atomic E-state index is 0.237. The fourth-order valence-electron chi connectivity index (χ4n) is 3.02. The molecule has 4 aromatic rings. The molecule has 0 saturated heterocycles. The number of imidazole rings is 1. The lowest BCUT2D eigenvalue weighted by Crippen LogP contribution is -2.08. The highest BCUT2D eigenvalue weighted by atomic mass is 16.3. The first kappa shape index (κ1) is 15.3. The molecule has 2 heterocycles. The zero-order valence-electron chi connectivity index (χ0n) is 14.2. The number of hydrogen-bond donors (Lipinski definition) is 1. The van der Waals surface area contributed by atoms with Crippen molar-refractivity contribution in [3.05, 3.63) is 72.9 Å². The van der Waals surface area contributed by atoms with Gasteiger partial charge in [0.05, 0.1) is 5.52 Å². The summed E-state index contributed by atoms with van der Waals surface area (Å²) in [4.78, 5) is 6.92. The van der Waals surface area contributed by atoms with Crippen molar-refractivity contribution in [3.63, 3.8) is 0 Å². The van der Waals surface area contributed by atoms with Crippen molar-refractivity contribution in [3.8, 4) is 28.4 Å². The first-order valence-corrected chi connectivity index (χ1v) is 8.18. The van der Waals surface area contributed by atoms with E-state index in [9.17, 15) is 5.11 Å². The van der Waals surface area contributed by atoms with E-state index in [1.54, 1.807) is 6.07 Å². The monoisotopic (exact) mass is 329 g/mol. The maximum atomic E-state index is 10.2. The van der Waals surface area contributed by atoms with E-state index in [1.165, 1.54) is 0 Å². The number of aromatic hydroxyl groups is 1. The maximum Gasteiger partial charge on any atom is 0.145 e. The lowest BCUT2D eigenvalue weighted by Gasteiger charge is -2.12. The fraction of sp³-hybridized carbons (Fsp3) is 0.0952. The van der Waals surface area contributed by atoms with Crippen molar-refractivity contribution < 1.29 is 5.11 Å². The number of nitrogens with zero attached hydrogens (tertiary/aromatic N) is 3. The van der Waals surface area contributed by atoms with Crippen molar-refractivity contribution in [2.24, 2.45) is 0 Å². The molecule has 0 fully saturated rings. The van der Waals surface area contributed by atoms with Crippen molar-refractivity contribution >= 4 is 11.2 Å². The molecule has 0 radical (unpaired) electrons. The summed E-state index contributed by atoms with van der Waals surface area (Å²) >= 11 is 0. The van der Waals surface area contributed by atoms with Crippen molar-refractivity contribution in [1.29, 1.82) is 0 Å². The molecule has 0 aliphatic carbocycles. The Kier molecular flexibility index (Phi) is 3.65. The van der Waals surface area contributed by atoms with Crippen molar-refractivity contribution in [2.75, 3.05) is 19.0 Å². The fourth-order valence-corrected chi connectivity index (χ4v) is 3.02. The molecule has 0 spiro atoms. The predicted octanol–water partition coefficient (Wildman–Crippen LogP) is 4.44. The molecule has 2 aromatic carbocycles. The van der Waals surface area contributed by atoms with E-state index in [1.807, 2.05) is 56.7 Å². The van der Waals surface area contributed by atoms with Gasteiger partial charge in [-0.25, -0.2) is 4.98 Å². The van der Waals surface area contributed by atoms with Crippen LogP contribution in [-0.4, -0.2) is 28.6 Å². The first-order valence-electron chi connectivity index (χ1n) is 8.18. The average Bonchev–Trinajstić information content (AvgIpc) is 3.02. The molecule has 0 aliphatic heterocycles. The molecule has 4 rings (SSSR count). The Hall–Kier alpha value is -3.27. The molecular formula is C21H19N3O. The third-order valence-electron chi connectivity index (χ3n) is 4.35. The van der Waals surface area contributed by atoms with Crippen LogP contribution in [0.4, 0.5) is 5.69 Å². The summed E-state index contributed by atoms with van der Waals surface area (Å²) in [6.45, 7) is 0. The number of phenolic OH excluding ortho intramolecular Hbond substituents is 1. The third kappa shape index (κ3) is 2.62. The van der Waals surface area contributed by atoms with Gasteiger partial charge in [-0.2, -0.15) is 0 Å². The SMILES string of the molecule is CN(C)c1ccc(-c2nc(-c3ccccc3O)c3ccccn23)cc1. The van der Waals surface area contributed by atoms with Crippen LogP contribution in [0.5, 0.6) is 5.75 Å². The Morgan fingerprint density at radius 1 is 0.880 bits per heavy atom. The number of phenols is 1. The molecule has 2 aromatic heterocycles. The van der Waals surface area contributed by atoms with Crippen LogP contribution in [0.15, 0.2) is 72.9 Å². The van der Waals surface area contributed by atoms with Gasteiger partial charge in [0.25, 0.3) is 0 Å². The third-order valence-corrected chi connectivity index (χ3v) is 4.35. The van der Waals surface area contributed by atoms with Gasteiger partial charge in [0, 0.05) is 37.1 Å². The summed E-state index contributed by atoms with van der Waals surface area (Å²) < 4.78 is 2.06. The predicted molar refractivity (Wildman–Crippen MR) is 102 cm³/mol. The van der Waals surface area contributed by atoms with Gasteiger partial charge in [-0.15, -0.1) is 0 Å². The lowest BCUT2D eigenvalue weighted by atomic mass is 10.1. The van der Waals surface area contributed by atoms with E-state index >= 15 is 0 Å². The van der Waals surface area contributed by atoms with Crippen LogP contribution in [0, 0.1) is 0 Å². The Morgan fingerprint density at radius 2 is 1.60 bits per heavy atom. The average molecular weight is 329 g/mol. The van der Waals surface area contributed by atoms with Crippen LogP contribution in [-0.2, 0) is 0 Å². The molecule has 0 aliphatic rings.